The molecule has 0 saturated heterocycles. The molecular formula is C15H24N2O2. The molecular weight excluding hydrogens is 240 g/mol. The van der Waals surface area contributed by atoms with E-state index in [0.29, 0.717) is 13.0 Å². The number of aliphatic carboxylic acids is 1. The van der Waals surface area contributed by atoms with Gasteiger partial charge in [-0.25, -0.2) is 0 Å². The Bertz CT molecular complexity index is 415. The summed E-state index contributed by atoms with van der Waals surface area (Å²) < 4.78 is 0. The van der Waals surface area contributed by atoms with Crippen LogP contribution in [0.5, 0.6) is 0 Å². The minimum Gasteiger partial charge on any atom is -0.480 e. The summed E-state index contributed by atoms with van der Waals surface area (Å²) in [7, 11) is 3.99. The van der Waals surface area contributed by atoms with E-state index in [9.17, 15) is 9.90 Å². The topological polar surface area (TPSA) is 52.6 Å². The molecule has 1 aromatic carbocycles. The highest BCUT2D eigenvalue weighted by Crippen LogP contribution is 2.16. The van der Waals surface area contributed by atoms with Crippen LogP contribution in [0.1, 0.15) is 32.3 Å². The summed E-state index contributed by atoms with van der Waals surface area (Å²) in [5, 5.41) is 12.4. The number of hydrogen-bond acceptors (Lipinski definition) is 3. The fourth-order valence-electron chi connectivity index (χ4n) is 1.98. The molecule has 1 aromatic rings. The van der Waals surface area contributed by atoms with Crippen molar-refractivity contribution in [1.82, 2.24) is 5.32 Å². The van der Waals surface area contributed by atoms with Gasteiger partial charge in [0.05, 0.1) is 0 Å². The Kier molecular flexibility index (Phi) is 5.36. The lowest BCUT2D eigenvalue weighted by Crippen LogP contribution is -2.48. The van der Waals surface area contributed by atoms with E-state index in [1.165, 1.54) is 0 Å². The zero-order valence-electron chi connectivity index (χ0n) is 12.2. The van der Waals surface area contributed by atoms with Crippen molar-refractivity contribution in [3.63, 3.8) is 0 Å². The first-order valence-corrected chi connectivity index (χ1v) is 6.63. The highest BCUT2D eigenvalue weighted by atomic mass is 16.4. The van der Waals surface area contributed by atoms with Crippen LogP contribution >= 0.6 is 0 Å². The summed E-state index contributed by atoms with van der Waals surface area (Å²) in [6, 6.07) is 8.12. The molecule has 4 heteroatoms. The van der Waals surface area contributed by atoms with Crippen LogP contribution in [0.15, 0.2) is 24.3 Å². The molecule has 0 saturated carbocycles. The maximum absolute atomic E-state index is 11.3. The maximum Gasteiger partial charge on any atom is 0.323 e. The fraction of sp³-hybridized carbons (Fsp3) is 0.533. The average molecular weight is 264 g/mol. The normalized spacial score (nSPS) is 13.9. The van der Waals surface area contributed by atoms with Crippen molar-refractivity contribution >= 4 is 11.7 Å². The summed E-state index contributed by atoms with van der Waals surface area (Å²) in [5.41, 5.74) is 1.38. The molecule has 0 aliphatic carbocycles. The van der Waals surface area contributed by atoms with Crippen molar-refractivity contribution in [3.05, 3.63) is 29.8 Å². The van der Waals surface area contributed by atoms with Gasteiger partial charge in [-0.1, -0.05) is 25.5 Å². The second-order valence-electron chi connectivity index (χ2n) is 5.30. The summed E-state index contributed by atoms with van der Waals surface area (Å²) in [6.45, 7) is 4.30. The first-order chi connectivity index (χ1) is 8.89. The Morgan fingerprint density at radius 1 is 1.32 bits per heavy atom. The monoisotopic (exact) mass is 264 g/mol. The van der Waals surface area contributed by atoms with Crippen LogP contribution < -0.4 is 10.2 Å². The lowest BCUT2D eigenvalue weighted by Gasteiger charge is -2.26. The summed E-state index contributed by atoms with van der Waals surface area (Å²) >= 11 is 0. The molecule has 1 atom stereocenters. The van der Waals surface area contributed by atoms with E-state index < -0.39 is 11.5 Å². The number of hydrogen-bond donors (Lipinski definition) is 2. The number of carbonyl (C=O) groups is 1. The Hall–Kier alpha value is -1.55. The minimum absolute atomic E-state index is 0.566. The first kappa shape index (κ1) is 15.5. The van der Waals surface area contributed by atoms with Crippen LogP contribution in [-0.4, -0.2) is 30.7 Å². The zero-order chi connectivity index (χ0) is 14.5. The molecule has 0 fully saturated rings. The van der Waals surface area contributed by atoms with Gasteiger partial charge in [0, 0.05) is 26.3 Å². The molecule has 0 radical (unpaired) electrons. The standard InChI is InChI=1S/C15H24N2O2/c1-5-10-15(2,14(18)19)16-11-12-6-8-13(9-7-12)17(3)4/h6-9,16H,5,10-11H2,1-4H3,(H,18,19). The quantitative estimate of drug-likeness (QED) is 0.794. The molecule has 0 bridgehead atoms. The van der Waals surface area contributed by atoms with Crippen molar-refractivity contribution in [2.75, 3.05) is 19.0 Å². The molecule has 0 aliphatic heterocycles. The van der Waals surface area contributed by atoms with E-state index in [-0.39, 0.29) is 0 Å². The Morgan fingerprint density at radius 3 is 2.32 bits per heavy atom. The lowest BCUT2D eigenvalue weighted by atomic mass is 9.96. The van der Waals surface area contributed by atoms with Gasteiger partial charge in [0.2, 0.25) is 0 Å². The van der Waals surface area contributed by atoms with Gasteiger partial charge in [-0.15, -0.1) is 0 Å². The highest BCUT2D eigenvalue weighted by molar-refractivity contribution is 5.78. The van der Waals surface area contributed by atoms with Crippen molar-refractivity contribution in [2.24, 2.45) is 0 Å². The van der Waals surface area contributed by atoms with Gasteiger partial charge in [0.1, 0.15) is 5.54 Å². The number of carboxylic acids is 1. The molecule has 106 valence electrons. The molecule has 19 heavy (non-hydrogen) atoms. The Labute approximate surface area is 115 Å². The highest BCUT2D eigenvalue weighted by Gasteiger charge is 2.31. The molecule has 4 nitrogen and oxygen atoms in total. The summed E-state index contributed by atoms with van der Waals surface area (Å²) in [4.78, 5) is 13.3. The first-order valence-electron chi connectivity index (χ1n) is 6.63. The van der Waals surface area contributed by atoms with Gasteiger partial charge in [-0.2, -0.15) is 0 Å². The van der Waals surface area contributed by atoms with E-state index >= 15 is 0 Å². The lowest BCUT2D eigenvalue weighted by molar-refractivity contribution is -0.144. The van der Waals surface area contributed by atoms with Crippen LogP contribution in [0.3, 0.4) is 0 Å². The van der Waals surface area contributed by atoms with Crippen LogP contribution in [0.2, 0.25) is 0 Å². The number of benzene rings is 1. The predicted octanol–water partition coefficient (Wildman–Crippen LogP) is 2.49. The van der Waals surface area contributed by atoms with Crippen molar-refractivity contribution in [1.29, 1.82) is 0 Å². The zero-order valence-corrected chi connectivity index (χ0v) is 12.2. The second-order valence-corrected chi connectivity index (χ2v) is 5.30. The van der Waals surface area contributed by atoms with Crippen LogP contribution in [0, 0.1) is 0 Å². The SMILES string of the molecule is CCCC(C)(NCc1ccc(N(C)C)cc1)C(=O)O. The third-order valence-corrected chi connectivity index (χ3v) is 3.36. The van der Waals surface area contributed by atoms with E-state index in [0.717, 1.165) is 17.7 Å². The molecule has 1 unspecified atom stereocenters. The molecule has 0 amide bonds. The van der Waals surface area contributed by atoms with Gasteiger partial charge in [0.15, 0.2) is 0 Å². The Balaban J connectivity index is 2.67. The molecule has 0 aliphatic rings. The summed E-state index contributed by atoms with van der Waals surface area (Å²) in [6.07, 6.45) is 1.47. The number of carboxylic acid groups (broad SMARTS) is 1. The van der Waals surface area contributed by atoms with E-state index in [1.54, 1.807) is 6.92 Å². The van der Waals surface area contributed by atoms with Crippen LogP contribution in [-0.2, 0) is 11.3 Å². The molecule has 0 aromatic heterocycles. The van der Waals surface area contributed by atoms with Gasteiger partial charge in [0.25, 0.3) is 0 Å². The average Bonchev–Trinajstić information content (AvgIpc) is 2.37. The molecule has 1 rings (SSSR count). The number of nitrogens with one attached hydrogen (secondary N) is 1. The van der Waals surface area contributed by atoms with E-state index in [2.05, 4.69) is 5.32 Å². The number of anilines is 1. The minimum atomic E-state index is -0.852. The number of rotatable bonds is 7. The molecule has 0 spiro atoms. The van der Waals surface area contributed by atoms with Crippen molar-refractivity contribution < 1.29 is 9.90 Å². The molecule has 2 N–H and O–H groups in total. The third-order valence-electron chi connectivity index (χ3n) is 3.36. The second kappa shape index (κ2) is 6.57. The van der Waals surface area contributed by atoms with E-state index in [4.69, 9.17) is 0 Å². The summed E-state index contributed by atoms with van der Waals surface area (Å²) in [5.74, 6) is -0.792. The Morgan fingerprint density at radius 2 is 1.89 bits per heavy atom. The third kappa shape index (κ3) is 4.24. The maximum atomic E-state index is 11.3. The molecule has 0 heterocycles. The number of nitrogens with zero attached hydrogens (tertiary/aromatic N) is 1. The van der Waals surface area contributed by atoms with Gasteiger partial charge < -0.3 is 10.0 Å². The van der Waals surface area contributed by atoms with Crippen molar-refractivity contribution in [3.8, 4) is 0 Å². The van der Waals surface area contributed by atoms with Crippen molar-refractivity contribution in [2.45, 2.75) is 38.8 Å². The van der Waals surface area contributed by atoms with Gasteiger partial charge in [-0.05, 0) is 31.0 Å². The van der Waals surface area contributed by atoms with Crippen LogP contribution in [0.25, 0.3) is 0 Å². The van der Waals surface area contributed by atoms with Crippen LogP contribution in [0.4, 0.5) is 5.69 Å². The smallest absolute Gasteiger partial charge is 0.323 e. The van der Waals surface area contributed by atoms with Gasteiger partial charge in [-0.3, -0.25) is 10.1 Å². The largest absolute Gasteiger partial charge is 0.480 e. The van der Waals surface area contributed by atoms with E-state index in [1.807, 2.05) is 50.2 Å². The predicted molar refractivity (Wildman–Crippen MR) is 78.6 cm³/mol. The van der Waals surface area contributed by atoms with Gasteiger partial charge >= 0.3 is 5.97 Å². The fourth-order valence-corrected chi connectivity index (χ4v) is 1.98.